The molecule has 6 nitrogen and oxygen atoms in total. The van der Waals surface area contributed by atoms with Crippen molar-refractivity contribution in [3.63, 3.8) is 0 Å². The monoisotopic (exact) mass is 422 g/mol. The van der Waals surface area contributed by atoms with Gasteiger partial charge in [0.05, 0.1) is 10.0 Å². The Labute approximate surface area is 174 Å². The van der Waals surface area contributed by atoms with Gasteiger partial charge in [0, 0.05) is 56.2 Å². The zero-order chi connectivity index (χ0) is 19.3. The number of aromatic hydroxyl groups is 1. The summed E-state index contributed by atoms with van der Waals surface area (Å²) in [7, 11) is 0. The zero-order valence-electron chi connectivity index (χ0n) is 15.7. The molecule has 3 aliphatic heterocycles. The van der Waals surface area contributed by atoms with Gasteiger partial charge in [-0.15, -0.1) is 10.2 Å². The highest BCUT2D eigenvalue weighted by Crippen LogP contribution is 2.42. The van der Waals surface area contributed by atoms with Crippen LogP contribution in [0.2, 0.25) is 10.0 Å². The van der Waals surface area contributed by atoms with Crippen LogP contribution in [-0.4, -0.2) is 57.1 Å². The van der Waals surface area contributed by atoms with Gasteiger partial charge in [-0.3, -0.25) is 4.90 Å². The molecule has 0 radical (unpaired) electrons. The summed E-state index contributed by atoms with van der Waals surface area (Å²) in [6.45, 7) is 4.63. The number of halogens is 2. The van der Waals surface area contributed by atoms with E-state index in [0.717, 1.165) is 75.7 Å². The zero-order valence-corrected chi connectivity index (χ0v) is 17.2. The normalized spacial score (nSPS) is 26.1. The maximum absolute atomic E-state index is 10.3. The van der Waals surface area contributed by atoms with Crippen LogP contribution >= 0.6 is 23.2 Å². The first-order chi connectivity index (χ1) is 13.6. The molecule has 0 saturated carbocycles. The van der Waals surface area contributed by atoms with E-state index in [1.165, 1.54) is 0 Å². The molecule has 0 unspecified atom stereocenters. The molecule has 28 heavy (non-hydrogen) atoms. The Morgan fingerprint density at radius 3 is 2.68 bits per heavy atom. The summed E-state index contributed by atoms with van der Waals surface area (Å²) < 4.78 is 7.74. The lowest BCUT2D eigenvalue weighted by Gasteiger charge is -2.31. The van der Waals surface area contributed by atoms with Gasteiger partial charge in [-0.1, -0.05) is 23.2 Å². The van der Waals surface area contributed by atoms with E-state index >= 15 is 0 Å². The van der Waals surface area contributed by atoms with E-state index in [2.05, 4.69) is 19.7 Å². The van der Waals surface area contributed by atoms with E-state index in [4.69, 9.17) is 27.9 Å². The highest BCUT2D eigenvalue weighted by molar-refractivity contribution is 6.42. The molecule has 5 rings (SSSR count). The van der Waals surface area contributed by atoms with Gasteiger partial charge in [0.2, 0.25) is 0 Å². The maximum Gasteiger partial charge on any atom is 0.137 e. The molecule has 4 heterocycles. The van der Waals surface area contributed by atoms with Gasteiger partial charge >= 0.3 is 0 Å². The van der Waals surface area contributed by atoms with Crippen LogP contribution < -0.4 is 0 Å². The third kappa shape index (κ3) is 3.20. The van der Waals surface area contributed by atoms with Crippen molar-refractivity contribution in [2.45, 2.75) is 50.1 Å². The average Bonchev–Trinajstić information content (AvgIpc) is 3.41. The second kappa shape index (κ2) is 7.48. The summed E-state index contributed by atoms with van der Waals surface area (Å²) in [6.07, 6.45) is 4.08. The molecular weight excluding hydrogens is 399 g/mol. The lowest BCUT2D eigenvalue weighted by molar-refractivity contribution is 0.0418. The molecule has 1 N–H and O–H groups in total. The molecule has 0 spiro atoms. The Kier molecular flexibility index (Phi) is 4.99. The third-order valence-electron chi connectivity index (χ3n) is 6.50. The predicted octanol–water partition coefficient (Wildman–Crippen LogP) is 3.60. The molecule has 8 heteroatoms. The molecule has 2 atom stereocenters. The molecule has 1 aromatic heterocycles. The lowest BCUT2D eigenvalue weighted by atomic mass is 9.96. The highest BCUT2D eigenvalue weighted by Gasteiger charge is 2.36. The fourth-order valence-corrected chi connectivity index (χ4v) is 5.50. The van der Waals surface area contributed by atoms with Crippen LogP contribution in [0.15, 0.2) is 12.1 Å². The summed E-state index contributed by atoms with van der Waals surface area (Å²) in [6, 6.07) is 3.88. The number of hydrogen-bond acceptors (Lipinski definition) is 5. The van der Waals surface area contributed by atoms with Crippen LogP contribution in [0.25, 0.3) is 0 Å². The van der Waals surface area contributed by atoms with E-state index in [1.54, 1.807) is 12.1 Å². The largest absolute Gasteiger partial charge is 0.508 e. The first-order valence-corrected chi connectivity index (χ1v) is 10.8. The van der Waals surface area contributed by atoms with Gasteiger partial charge in [0.1, 0.15) is 17.4 Å². The van der Waals surface area contributed by atoms with Crippen molar-refractivity contribution >= 4 is 23.2 Å². The molecule has 0 amide bonds. The van der Waals surface area contributed by atoms with E-state index in [9.17, 15) is 5.11 Å². The smallest absolute Gasteiger partial charge is 0.137 e. The Hall–Kier alpha value is -1.34. The summed E-state index contributed by atoms with van der Waals surface area (Å²) >= 11 is 12.6. The molecule has 2 aromatic rings. The first-order valence-electron chi connectivity index (χ1n) is 10.0. The van der Waals surface area contributed by atoms with Gasteiger partial charge in [-0.2, -0.15) is 0 Å². The SMILES string of the molecule is Oc1ccc(Cl)c(Cl)c1[C@@H]1Cc2nnc([C@@H]3CCN(C4CCOCC4)C3)n2C1. The average molecular weight is 423 g/mol. The number of phenolic OH excluding ortho intramolecular Hbond substituents is 1. The van der Waals surface area contributed by atoms with Gasteiger partial charge in [-0.25, -0.2) is 0 Å². The minimum atomic E-state index is 0.0726. The van der Waals surface area contributed by atoms with Crippen molar-refractivity contribution in [3.8, 4) is 5.75 Å². The number of hydrogen-bond donors (Lipinski definition) is 1. The molecule has 0 bridgehead atoms. The lowest BCUT2D eigenvalue weighted by Crippen LogP contribution is -2.37. The second-order valence-corrected chi connectivity index (χ2v) is 8.89. The summed E-state index contributed by atoms with van der Waals surface area (Å²) in [5, 5.41) is 20.2. The van der Waals surface area contributed by atoms with Gasteiger partial charge in [0.25, 0.3) is 0 Å². The molecule has 1 aromatic carbocycles. The highest BCUT2D eigenvalue weighted by atomic mass is 35.5. The van der Waals surface area contributed by atoms with Crippen molar-refractivity contribution in [1.82, 2.24) is 19.7 Å². The summed E-state index contributed by atoms with van der Waals surface area (Å²) in [5.74, 6) is 2.73. The van der Waals surface area contributed by atoms with Crippen LogP contribution in [-0.2, 0) is 17.7 Å². The first kappa shape index (κ1) is 18.7. The Morgan fingerprint density at radius 1 is 1.04 bits per heavy atom. The fraction of sp³-hybridized carbons (Fsp3) is 0.600. The fourth-order valence-electron chi connectivity index (χ4n) is 5.02. The summed E-state index contributed by atoms with van der Waals surface area (Å²) in [5.41, 5.74) is 0.723. The number of likely N-dealkylation sites (tertiary alicyclic amines) is 1. The standard InChI is InChI=1S/C20H24Cl2N4O2/c21-15-1-2-16(27)18(19(15)22)13-9-17-23-24-20(26(17)11-13)12-3-6-25(10-12)14-4-7-28-8-5-14/h1-2,12-14,27H,3-11H2/t12-,13-/m1/s1. The maximum atomic E-state index is 10.3. The van der Waals surface area contributed by atoms with Crippen molar-refractivity contribution in [3.05, 3.63) is 39.4 Å². The van der Waals surface area contributed by atoms with Gasteiger partial charge in [0.15, 0.2) is 0 Å². The number of ether oxygens (including phenoxy) is 1. The van der Waals surface area contributed by atoms with E-state index < -0.39 is 0 Å². The second-order valence-electron chi connectivity index (χ2n) is 8.10. The van der Waals surface area contributed by atoms with E-state index in [0.29, 0.717) is 22.0 Å². The predicted molar refractivity (Wildman–Crippen MR) is 107 cm³/mol. The number of nitrogens with zero attached hydrogens (tertiary/aromatic N) is 4. The number of phenols is 1. The van der Waals surface area contributed by atoms with Crippen molar-refractivity contribution < 1.29 is 9.84 Å². The van der Waals surface area contributed by atoms with Gasteiger partial charge in [-0.05, 0) is 37.9 Å². The van der Waals surface area contributed by atoms with Crippen LogP contribution in [0.4, 0.5) is 0 Å². The van der Waals surface area contributed by atoms with Gasteiger partial charge < -0.3 is 14.4 Å². The third-order valence-corrected chi connectivity index (χ3v) is 7.32. The minimum absolute atomic E-state index is 0.0726. The molecule has 3 aliphatic rings. The molecule has 2 saturated heterocycles. The van der Waals surface area contributed by atoms with Crippen molar-refractivity contribution in [1.29, 1.82) is 0 Å². The number of benzene rings is 1. The topological polar surface area (TPSA) is 63.4 Å². The van der Waals surface area contributed by atoms with E-state index in [1.807, 2.05) is 0 Å². The number of rotatable bonds is 3. The van der Waals surface area contributed by atoms with Crippen molar-refractivity contribution in [2.75, 3.05) is 26.3 Å². The quantitative estimate of drug-likeness (QED) is 0.818. The number of fused-ring (bicyclic) bond motifs is 1. The number of aromatic nitrogens is 3. The van der Waals surface area contributed by atoms with Crippen molar-refractivity contribution in [2.24, 2.45) is 0 Å². The van der Waals surface area contributed by atoms with Crippen LogP contribution in [0.1, 0.15) is 48.3 Å². The minimum Gasteiger partial charge on any atom is -0.508 e. The Bertz CT molecular complexity index is 881. The van der Waals surface area contributed by atoms with Crippen LogP contribution in [0.5, 0.6) is 5.75 Å². The molecular formula is C20H24Cl2N4O2. The summed E-state index contributed by atoms with van der Waals surface area (Å²) in [4.78, 5) is 2.60. The Balaban J connectivity index is 1.34. The van der Waals surface area contributed by atoms with Crippen LogP contribution in [0.3, 0.4) is 0 Å². The Morgan fingerprint density at radius 2 is 1.86 bits per heavy atom. The van der Waals surface area contributed by atoms with E-state index in [-0.39, 0.29) is 11.7 Å². The molecule has 2 fully saturated rings. The molecule has 150 valence electrons. The van der Waals surface area contributed by atoms with Crippen LogP contribution in [0, 0.1) is 0 Å². The molecule has 0 aliphatic carbocycles.